The average molecular weight is 454 g/mol. The number of benzene rings is 2. The summed E-state index contributed by atoms with van der Waals surface area (Å²) in [4.78, 5) is 23.0. The van der Waals surface area contributed by atoms with Crippen LogP contribution in [-0.4, -0.2) is 39.9 Å². The minimum absolute atomic E-state index is 0.0973. The van der Waals surface area contributed by atoms with Crippen LogP contribution >= 0.6 is 0 Å². The van der Waals surface area contributed by atoms with Gasteiger partial charge in [0.05, 0.1) is 29.9 Å². The molecule has 1 aromatic heterocycles. The first-order chi connectivity index (χ1) is 15.9. The molecule has 8 heteroatoms. The molecule has 0 aliphatic carbocycles. The molecule has 0 radical (unpaired) electrons. The highest BCUT2D eigenvalue weighted by Crippen LogP contribution is 2.31. The third-order valence-electron chi connectivity index (χ3n) is 5.90. The molecule has 5 nitrogen and oxygen atoms in total. The van der Waals surface area contributed by atoms with E-state index in [0.29, 0.717) is 30.8 Å². The molecule has 4 rings (SSSR count). The molecule has 3 aromatic rings. The Bertz CT molecular complexity index is 1030. The number of alkyl halides is 3. The van der Waals surface area contributed by atoms with Gasteiger partial charge in [0.2, 0.25) is 5.91 Å². The number of likely N-dealkylation sites (tertiary alicyclic amines) is 1. The Kier molecular flexibility index (Phi) is 7.03. The summed E-state index contributed by atoms with van der Waals surface area (Å²) in [7, 11) is 0. The van der Waals surface area contributed by atoms with Crippen LogP contribution in [0.15, 0.2) is 73.2 Å². The maximum Gasteiger partial charge on any atom is 0.416 e. The van der Waals surface area contributed by atoms with Gasteiger partial charge in [-0.25, -0.2) is 0 Å². The average Bonchev–Trinajstić information content (AvgIpc) is 2.84. The number of rotatable bonds is 6. The molecule has 0 spiro atoms. The van der Waals surface area contributed by atoms with Crippen LogP contribution in [0.25, 0.3) is 0 Å². The highest BCUT2D eigenvalue weighted by molar-refractivity contribution is 5.78. The van der Waals surface area contributed by atoms with Crippen LogP contribution in [0.5, 0.6) is 0 Å². The van der Waals surface area contributed by atoms with Gasteiger partial charge in [0.15, 0.2) is 0 Å². The highest BCUT2D eigenvalue weighted by Gasteiger charge is 2.31. The third-order valence-corrected chi connectivity index (χ3v) is 5.90. The number of amides is 1. The second kappa shape index (κ2) is 10.1. The smallest absolute Gasteiger partial charge is 0.342 e. The molecule has 1 aliphatic heterocycles. The second-order valence-corrected chi connectivity index (χ2v) is 8.17. The maximum atomic E-state index is 13.0. The molecule has 1 saturated heterocycles. The molecular weight excluding hydrogens is 429 g/mol. The number of hydrogen-bond donors (Lipinski definition) is 1. The number of nitrogens with one attached hydrogen (secondary N) is 1. The van der Waals surface area contributed by atoms with Crippen molar-refractivity contribution < 1.29 is 18.0 Å². The first-order valence-electron chi connectivity index (χ1n) is 10.9. The molecule has 1 amide bonds. The molecule has 1 N–H and O–H groups in total. The summed E-state index contributed by atoms with van der Waals surface area (Å²) >= 11 is 0. The molecular formula is C25H25F3N4O. The minimum Gasteiger partial charge on any atom is -0.342 e. The summed E-state index contributed by atoms with van der Waals surface area (Å²) in [6.07, 6.45) is 2.24. The number of nitrogens with zero attached hydrogens (tertiary/aromatic N) is 3. The lowest BCUT2D eigenvalue weighted by Gasteiger charge is -2.34. The molecule has 1 unspecified atom stereocenters. The number of halogens is 3. The predicted molar refractivity (Wildman–Crippen MR) is 118 cm³/mol. The van der Waals surface area contributed by atoms with Crippen LogP contribution < -0.4 is 5.32 Å². The Morgan fingerprint density at radius 3 is 2.33 bits per heavy atom. The lowest BCUT2D eigenvalue weighted by atomic mass is 9.97. The van der Waals surface area contributed by atoms with Crippen molar-refractivity contribution in [3.63, 3.8) is 0 Å². The quantitative estimate of drug-likeness (QED) is 0.600. The summed E-state index contributed by atoms with van der Waals surface area (Å²) in [6, 6.07) is 14.5. The Balaban J connectivity index is 1.42. The van der Waals surface area contributed by atoms with Crippen LogP contribution in [0.2, 0.25) is 0 Å². The molecule has 2 heterocycles. The maximum absolute atomic E-state index is 13.0. The van der Waals surface area contributed by atoms with Gasteiger partial charge in [-0.15, -0.1) is 0 Å². The molecule has 1 aliphatic rings. The monoisotopic (exact) mass is 454 g/mol. The fourth-order valence-electron chi connectivity index (χ4n) is 4.09. The van der Waals surface area contributed by atoms with Crippen molar-refractivity contribution in [2.75, 3.05) is 13.1 Å². The first kappa shape index (κ1) is 22.9. The number of carbonyl (C=O) groups excluding carboxylic acids is 1. The van der Waals surface area contributed by atoms with Crippen molar-refractivity contribution in [2.24, 2.45) is 0 Å². The first-order valence-corrected chi connectivity index (χ1v) is 10.9. The number of piperidine rings is 1. The van der Waals surface area contributed by atoms with E-state index >= 15 is 0 Å². The summed E-state index contributed by atoms with van der Waals surface area (Å²) in [6.45, 7) is 1.26. The van der Waals surface area contributed by atoms with E-state index in [2.05, 4.69) is 15.3 Å². The van der Waals surface area contributed by atoms with E-state index in [9.17, 15) is 18.0 Å². The van der Waals surface area contributed by atoms with Gasteiger partial charge in [-0.05, 0) is 36.1 Å². The van der Waals surface area contributed by atoms with E-state index in [1.807, 2.05) is 35.2 Å². The molecule has 2 aromatic carbocycles. The van der Waals surface area contributed by atoms with Crippen molar-refractivity contribution in [2.45, 2.75) is 37.5 Å². The lowest BCUT2D eigenvalue weighted by Crippen LogP contribution is -2.46. The summed E-state index contributed by atoms with van der Waals surface area (Å²) in [5, 5.41) is 3.53. The van der Waals surface area contributed by atoms with E-state index in [4.69, 9.17) is 0 Å². The van der Waals surface area contributed by atoms with Crippen molar-refractivity contribution in [3.8, 4) is 0 Å². The number of aromatic nitrogens is 2. The summed E-state index contributed by atoms with van der Waals surface area (Å²) in [5.41, 5.74) is 1.63. The van der Waals surface area contributed by atoms with Gasteiger partial charge in [-0.2, -0.15) is 13.2 Å². The van der Waals surface area contributed by atoms with Crippen molar-refractivity contribution in [3.05, 3.63) is 95.6 Å². The second-order valence-electron chi connectivity index (χ2n) is 8.17. The van der Waals surface area contributed by atoms with Gasteiger partial charge in [-0.1, -0.05) is 42.5 Å². The molecule has 1 atom stereocenters. The van der Waals surface area contributed by atoms with Crippen LogP contribution in [0.3, 0.4) is 0 Å². The van der Waals surface area contributed by atoms with Crippen LogP contribution in [0.1, 0.15) is 41.3 Å². The largest absolute Gasteiger partial charge is 0.416 e. The van der Waals surface area contributed by atoms with Crippen LogP contribution in [0.4, 0.5) is 13.2 Å². The Morgan fingerprint density at radius 2 is 1.73 bits per heavy atom. The number of carbonyl (C=O) groups is 1. The van der Waals surface area contributed by atoms with E-state index < -0.39 is 17.8 Å². The standard InChI is InChI=1S/C25H25F3N4O/c26-25(27,28)20-8-6-19(7-9-20)24(22-17-29-12-13-30-22)31-21-10-14-32(15-11-21)23(33)16-18-4-2-1-3-5-18/h1-9,12-13,17,21,24,31H,10-11,14-16H2. The van der Waals surface area contributed by atoms with E-state index in [1.165, 1.54) is 12.1 Å². The molecule has 172 valence electrons. The van der Waals surface area contributed by atoms with Crippen molar-refractivity contribution >= 4 is 5.91 Å². The van der Waals surface area contributed by atoms with E-state index in [0.717, 1.165) is 30.5 Å². The van der Waals surface area contributed by atoms with Gasteiger partial charge in [-0.3, -0.25) is 14.8 Å². The zero-order valence-electron chi connectivity index (χ0n) is 18.0. The summed E-state index contributed by atoms with van der Waals surface area (Å²) < 4.78 is 39.0. The van der Waals surface area contributed by atoms with Crippen LogP contribution in [-0.2, 0) is 17.4 Å². The fourth-order valence-corrected chi connectivity index (χ4v) is 4.09. The van der Waals surface area contributed by atoms with E-state index in [-0.39, 0.29) is 11.9 Å². The molecule has 1 fully saturated rings. The minimum atomic E-state index is -4.38. The van der Waals surface area contributed by atoms with Gasteiger partial charge in [0.25, 0.3) is 0 Å². The van der Waals surface area contributed by atoms with Gasteiger partial charge in [0.1, 0.15) is 0 Å². The van der Waals surface area contributed by atoms with Gasteiger partial charge >= 0.3 is 6.18 Å². The molecule has 33 heavy (non-hydrogen) atoms. The Hall–Kier alpha value is -3.26. The predicted octanol–water partition coefficient (Wildman–Crippen LogP) is 4.41. The van der Waals surface area contributed by atoms with Crippen LogP contribution in [0, 0.1) is 0 Å². The molecule has 0 bridgehead atoms. The topological polar surface area (TPSA) is 58.1 Å². The Morgan fingerprint density at radius 1 is 1.03 bits per heavy atom. The summed E-state index contributed by atoms with van der Waals surface area (Å²) in [5.74, 6) is 0.105. The zero-order valence-corrected chi connectivity index (χ0v) is 18.0. The SMILES string of the molecule is O=C(Cc1ccccc1)N1CCC(NC(c2ccc(C(F)(F)F)cc2)c2cnccn2)CC1. The highest BCUT2D eigenvalue weighted by atomic mass is 19.4. The lowest BCUT2D eigenvalue weighted by molar-refractivity contribution is -0.137. The Labute approximate surface area is 190 Å². The number of hydrogen-bond acceptors (Lipinski definition) is 4. The zero-order chi connectivity index (χ0) is 23.3. The van der Waals surface area contributed by atoms with Gasteiger partial charge in [0, 0.05) is 31.5 Å². The van der Waals surface area contributed by atoms with E-state index in [1.54, 1.807) is 18.6 Å². The fraction of sp³-hybridized carbons (Fsp3) is 0.320. The third kappa shape index (κ3) is 5.96. The normalized spacial score (nSPS) is 15.9. The van der Waals surface area contributed by atoms with Crippen molar-refractivity contribution in [1.82, 2.24) is 20.2 Å². The van der Waals surface area contributed by atoms with Gasteiger partial charge < -0.3 is 10.2 Å². The molecule has 0 saturated carbocycles. The van der Waals surface area contributed by atoms with Crippen molar-refractivity contribution in [1.29, 1.82) is 0 Å².